The van der Waals surface area contributed by atoms with E-state index in [-0.39, 0.29) is 35.9 Å². The zero-order valence-corrected chi connectivity index (χ0v) is 18.1. The number of carbonyl (C=O) groups excluding carboxylic acids is 2. The zero-order valence-electron chi connectivity index (χ0n) is 17.2. The Balaban J connectivity index is 1.08. The maximum absolute atomic E-state index is 13.0. The van der Waals surface area contributed by atoms with E-state index in [0.29, 0.717) is 11.7 Å². The summed E-state index contributed by atoms with van der Waals surface area (Å²) in [6.07, 6.45) is 5.45. The highest BCUT2D eigenvalue weighted by Crippen LogP contribution is 2.33. The number of nitrogens with one attached hydrogen (secondary N) is 3. The van der Waals surface area contributed by atoms with Gasteiger partial charge < -0.3 is 16.0 Å². The molecule has 164 valence electrons. The molecule has 0 aromatic heterocycles. The second kappa shape index (κ2) is 10.0. The minimum atomic E-state index is -0.200. The van der Waals surface area contributed by atoms with E-state index in [1.54, 1.807) is 0 Å². The summed E-state index contributed by atoms with van der Waals surface area (Å²) in [7, 11) is 0. The number of nitrogens with zero attached hydrogens (tertiary/aromatic N) is 1. The van der Waals surface area contributed by atoms with Crippen molar-refractivity contribution in [1.29, 1.82) is 0 Å². The number of hydrogen-bond acceptors (Lipinski definition) is 4. The maximum atomic E-state index is 13.0. The van der Waals surface area contributed by atoms with E-state index in [0.717, 1.165) is 63.1 Å². The molecule has 3 heterocycles. The third-order valence-electron chi connectivity index (χ3n) is 6.35. The van der Waals surface area contributed by atoms with Crippen LogP contribution in [0.5, 0.6) is 0 Å². The van der Waals surface area contributed by atoms with Crippen LogP contribution in [-0.4, -0.2) is 59.1 Å². The second-order valence-electron chi connectivity index (χ2n) is 8.61. The molecule has 8 heteroatoms. The molecule has 1 aromatic rings. The molecule has 3 N–H and O–H groups in total. The first kappa shape index (κ1) is 21.4. The van der Waals surface area contributed by atoms with Crippen LogP contribution in [0, 0.1) is 5.82 Å². The third-order valence-corrected chi connectivity index (χ3v) is 7.86. The molecule has 3 aliphatic heterocycles. The number of amides is 3. The lowest BCUT2D eigenvalue weighted by atomic mass is 10.0. The molecule has 1 aromatic carbocycles. The van der Waals surface area contributed by atoms with E-state index >= 15 is 0 Å². The Morgan fingerprint density at radius 2 is 1.93 bits per heavy atom. The van der Waals surface area contributed by atoms with Crippen LogP contribution >= 0.6 is 11.8 Å². The van der Waals surface area contributed by atoms with Crippen LogP contribution in [0.1, 0.15) is 44.1 Å². The molecule has 3 saturated heterocycles. The Bertz CT molecular complexity index is 739. The largest absolute Gasteiger partial charge is 0.353 e. The van der Waals surface area contributed by atoms with E-state index in [4.69, 9.17) is 0 Å². The molecule has 0 radical (unpaired) electrons. The molecule has 6 nitrogen and oxygen atoms in total. The van der Waals surface area contributed by atoms with E-state index in [9.17, 15) is 14.0 Å². The van der Waals surface area contributed by atoms with Gasteiger partial charge in [-0.3, -0.25) is 9.69 Å². The van der Waals surface area contributed by atoms with Gasteiger partial charge in [0.05, 0.1) is 12.1 Å². The topological polar surface area (TPSA) is 73.5 Å². The molecule has 30 heavy (non-hydrogen) atoms. The van der Waals surface area contributed by atoms with Crippen LogP contribution in [0.2, 0.25) is 0 Å². The van der Waals surface area contributed by atoms with Crippen molar-refractivity contribution in [3.8, 4) is 0 Å². The Morgan fingerprint density at radius 3 is 2.70 bits per heavy atom. The summed E-state index contributed by atoms with van der Waals surface area (Å²) in [4.78, 5) is 26.1. The molecule has 0 bridgehead atoms. The van der Waals surface area contributed by atoms with Gasteiger partial charge in [0.1, 0.15) is 5.82 Å². The van der Waals surface area contributed by atoms with Crippen molar-refractivity contribution in [2.75, 3.05) is 18.8 Å². The van der Waals surface area contributed by atoms with Gasteiger partial charge in [-0.05, 0) is 43.4 Å². The fraction of sp³-hybridized carbons (Fsp3) is 0.636. The van der Waals surface area contributed by atoms with Crippen molar-refractivity contribution in [2.45, 2.75) is 68.4 Å². The van der Waals surface area contributed by atoms with E-state index in [1.165, 1.54) is 12.1 Å². The van der Waals surface area contributed by atoms with Gasteiger partial charge in [-0.1, -0.05) is 18.6 Å². The first-order chi connectivity index (χ1) is 14.6. The number of unbranched alkanes of at least 4 members (excludes halogenated alkanes) is 1. The normalized spacial score (nSPS) is 26.8. The minimum Gasteiger partial charge on any atom is -0.353 e. The molecule has 0 saturated carbocycles. The van der Waals surface area contributed by atoms with Crippen molar-refractivity contribution in [3.05, 3.63) is 35.6 Å². The molecule has 0 aliphatic carbocycles. The van der Waals surface area contributed by atoms with E-state index in [2.05, 4.69) is 20.9 Å². The van der Waals surface area contributed by atoms with Gasteiger partial charge >= 0.3 is 6.03 Å². The van der Waals surface area contributed by atoms with Crippen molar-refractivity contribution >= 4 is 23.7 Å². The molecule has 0 unspecified atom stereocenters. The average molecular weight is 435 g/mol. The van der Waals surface area contributed by atoms with Gasteiger partial charge in [-0.2, -0.15) is 11.8 Å². The average Bonchev–Trinajstić information content (AvgIpc) is 3.28. The van der Waals surface area contributed by atoms with Crippen molar-refractivity contribution in [3.63, 3.8) is 0 Å². The fourth-order valence-electron chi connectivity index (χ4n) is 4.66. The summed E-state index contributed by atoms with van der Waals surface area (Å²) in [6, 6.07) is 7.42. The number of benzene rings is 1. The van der Waals surface area contributed by atoms with Crippen molar-refractivity contribution < 1.29 is 14.0 Å². The molecular weight excluding hydrogens is 403 g/mol. The quantitative estimate of drug-likeness (QED) is 0.434. The van der Waals surface area contributed by atoms with Gasteiger partial charge in [0.15, 0.2) is 0 Å². The Morgan fingerprint density at radius 1 is 1.17 bits per heavy atom. The molecule has 3 atom stereocenters. The van der Waals surface area contributed by atoms with Crippen LogP contribution in [0.4, 0.5) is 9.18 Å². The molecular formula is C22H31FN4O2S. The zero-order chi connectivity index (χ0) is 20.9. The van der Waals surface area contributed by atoms with Crippen LogP contribution in [0.15, 0.2) is 24.3 Å². The molecule has 3 fully saturated rings. The fourth-order valence-corrected chi connectivity index (χ4v) is 6.20. The Hall–Kier alpha value is -1.80. The highest BCUT2D eigenvalue weighted by Gasteiger charge is 2.42. The summed E-state index contributed by atoms with van der Waals surface area (Å²) < 4.78 is 13.0. The predicted octanol–water partition coefficient (Wildman–Crippen LogP) is 2.63. The number of halogens is 1. The summed E-state index contributed by atoms with van der Waals surface area (Å²) in [5.74, 6) is 0.933. The standard InChI is InChI=1S/C22H31FN4O2S/c23-16-7-5-15(6-8-16)13-27-11-9-17(10-12-27)24-20(28)4-2-1-3-19-21-18(14-30-19)25-22(29)26-21/h5-8,17-19,21H,1-4,9-14H2,(H,24,28)(H2,25,26,29)/t18-,19-,21-/m0/s1. The minimum absolute atomic E-state index is 0.0432. The number of carbonyl (C=O) groups is 2. The first-order valence-electron chi connectivity index (χ1n) is 11.0. The predicted molar refractivity (Wildman–Crippen MR) is 117 cm³/mol. The van der Waals surface area contributed by atoms with Crippen molar-refractivity contribution in [2.24, 2.45) is 0 Å². The highest BCUT2D eigenvalue weighted by atomic mass is 32.2. The number of urea groups is 1. The number of thioether (sulfide) groups is 1. The molecule has 3 aliphatic rings. The van der Waals surface area contributed by atoms with Crippen LogP contribution in [0.25, 0.3) is 0 Å². The van der Waals surface area contributed by atoms with Gasteiger partial charge in [-0.25, -0.2) is 9.18 Å². The number of piperidine rings is 1. The van der Waals surface area contributed by atoms with Gasteiger partial charge in [-0.15, -0.1) is 0 Å². The first-order valence-corrected chi connectivity index (χ1v) is 12.1. The van der Waals surface area contributed by atoms with E-state index in [1.807, 2.05) is 23.9 Å². The van der Waals surface area contributed by atoms with Crippen LogP contribution < -0.4 is 16.0 Å². The maximum Gasteiger partial charge on any atom is 0.315 e. The van der Waals surface area contributed by atoms with Gasteiger partial charge in [0, 0.05) is 43.1 Å². The lowest BCUT2D eigenvalue weighted by Crippen LogP contribution is -2.44. The highest BCUT2D eigenvalue weighted by molar-refractivity contribution is 8.00. The lowest BCUT2D eigenvalue weighted by molar-refractivity contribution is -0.122. The Kier molecular flexibility index (Phi) is 7.15. The van der Waals surface area contributed by atoms with Crippen LogP contribution in [-0.2, 0) is 11.3 Å². The summed E-state index contributed by atoms with van der Waals surface area (Å²) in [5, 5.41) is 9.64. The Labute approximate surface area is 181 Å². The molecule has 0 spiro atoms. The van der Waals surface area contributed by atoms with Crippen LogP contribution in [0.3, 0.4) is 0 Å². The molecule has 4 rings (SSSR count). The number of likely N-dealkylation sites (tertiary alicyclic amines) is 1. The summed E-state index contributed by atoms with van der Waals surface area (Å²) >= 11 is 1.92. The van der Waals surface area contributed by atoms with E-state index < -0.39 is 0 Å². The lowest BCUT2D eigenvalue weighted by Gasteiger charge is -2.32. The summed E-state index contributed by atoms with van der Waals surface area (Å²) in [6.45, 7) is 2.73. The van der Waals surface area contributed by atoms with Crippen molar-refractivity contribution in [1.82, 2.24) is 20.9 Å². The monoisotopic (exact) mass is 434 g/mol. The SMILES string of the molecule is O=C(CCCC[C@@H]1SC[C@@H]2NC(=O)N[C@@H]21)NC1CCN(Cc2ccc(F)cc2)CC1. The smallest absolute Gasteiger partial charge is 0.315 e. The number of fused-ring (bicyclic) bond motifs is 1. The molecule has 3 amide bonds. The number of hydrogen-bond donors (Lipinski definition) is 3. The second-order valence-corrected chi connectivity index (χ2v) is 9.88. The van der Waals surface area contributed by atoms with Gasteiger partial charge in [0.2, 0.25) is 5.91 Å². The van der Waals surface area contributed by atoms with Gasteiger partial charge in [0.25, 0.3) is 0 Å². The summed E-state index contributed by atoms with van der Waals surface area (Å²) in [5.41, 5.74) is 1.12. The number of rotatable bonds is 8. The third kappa shape index (κ3) is 5.66.